The summed E-state index contributed by atoms with van der Waals surface area (Å²) in [5, 5.41) is 2.89. The third-order valence-electron chi connectivity index (χ3n) is 4.07. The second kappa shape index (κ2) is 8.65. The van der Waals surface area contributed by atoms with Crippen molar-refractivity contribution in [3.05, 3.63) is 36.0 Å². The fourth-order valence-corrected chi connectivity index (χ4v) is 2.67. The molecule has 3 rings (SSSR count). The molecule has 0 bridgehead atoms. The van der Waals surface area contributed by atoms with Gasteiger partial charge in [-0.05, 0) is 18.2 Å². The van der Waals surface area contributed by atoms with Crippen molar-refractivity contribution < 1.29 is 14.4 Å². The van der Waals surface area contributed by atoms with Crippen LogP contribution < -0.4 is 20.6 Å². The number of ether oxygens (including phenoxy) is 1. The Morgan fingerprint density at radius 3 is 2.70 bits per heavy atom. The molecule has 1 saturated heterocycles. The van der Waals surface area contributed by atoms with Crippen LogP contribution in [0.4, 0.5) is 23.1 Å². The quantitative estimate of drug-likeness (QED) is 0.739. The first-order valence-corrected chi connectivity index (χ1v) is 8.66. The van der Waals surface area contributed by atoms with Gasteiger partial charge in [-0.1, -0.05) is 6.07 Å². The van der Waals surface area contributed by atoms with E-state index >= 15 is 0 Å². The molecule has 0 saturated carbocycles. The number of amides is 1. The maximum atomic E-state index is 12.8. The summed E-state index contributed by atoms with van der Waals surface area (Å²) in [6.07, 6.45) is 0. The Hall–Kier alpha value is -2.91. The molecule has 0 radical (unpaired) electrons. The first-order chi connectivity index (χ1) is 13.1. The molecule has 1 amide bonds. The van der Waals surface area contributed by atoms with Crippen molar-refractivity contribution in [3.63, 3.8) is 0 Å². The molecule has 9 nitrogen and oxygen atoms in total. The number of nitrogens with one attached hydrogen (secondary N) is 2. The van der Waals surface area contributed by atoms with Crippen LogP contribution in [0, 0.1) is 0 Å². The summed E-state index contributed by atoms with van der Waals surface area (Å²) in [6, 6.07) is 9.15. The number of anilines is 4. The van der Waals surface area contributed by atoms with E-state index in [0.717, 1.165) is 5.69 Å². The lowest BCUT2D eigenvalue weighted by atomic mass is 10.2. The van der Waals surface area contributed by atoms with Gasteiger partial charge in [-0.3, -0.25) is 9.63 Å². The van der Waals surface area contributed by atoms with Gasteiger partial charge in [-0.2, -0.15) is 4.98 Å². The van der Waals surface area contributed by atoms with Crippen molar-refractivity contribution in [2.75, 3.05) is 68.1 Å². The third-order valence-corrected chi connectivity index (χ3v) is 4.07. The predicted octanol–water partition coefficient (Wildman–Crippen LogP) is 1.60. The van der Waals surface area contributed by atoms with Crippen molar-refractivity contribution in [1.82, 2.24) is 9.97 Å². The standard InChI is InChI=1S/C18H24N6O3/c1-23(2)14-6-4-5-13(11-14)19-17(25)15-12-16(22-26-3)21-18(20-15)24-7-9-27-10-8-24/h4-6,11-12H,7-10H2,1-3H3,(H,19,25)(H,20,21,22). The molecule has 2 heterocycles. The Balaban J connectivity index is 1.84. The SMILES string of the molecule is CONc1cc(C(=O)Nc2cccc(N(C)C)c2)nc(N2CCOCC2)n1. The van der Waals surface area contributed by atoms with E-state index in [-0.39, 0.29) is 11.6 Å². The van der Waals surface area contributed by atoms with E-state index in [4.69, 9.17) is 9.57 Å². The molecular weight excluding hydrogens is 348 g/mol. The van der Waals surface area contributed by atoms with Crippen LogP contribution in [0.2, 0.25) is 0 Å². The zero-order valence-corrected chi connectivity index (χ0v) is 15.7. The van der Waals surface area contributed by atoms with Gasteiger partial charge < -0.3 is 19.9 Å². The molecule has 0 unspecified atom stereocenters. The van der Waals surface area contributed by atoms with Gasteiger partial charge in [0.05, 0.1) is 20.3 Å². The lowest BCUT2D eigenvalue weighted by Gasteiger charge is -2.27. The van der Waals surface area contributed by atoms with E-state index in [2.05, 4.69) is 20.8 Å². The summed E-state index contributed by atoms with van der Waals surface area (Å²) in [4.78, 5) is 30.5. The van der Waals surface area contributed by atoms with Crippen molar-refractivity contribution in [2.24, 2.45) is 0 Å². The number of carbonyl (C=O) groups excluding carboxylic acids is 1. The monoisotopic (exact) mass is 372 g/mol. The van der Waals surface area contributed by atoms with Crippen LogP contribution in [0.5, 0.6) is 0 Å². The fourth-order valence-electron chi connectivity index (χ4n) is 2.67. The lowest BCUT2D eigenvalue weighted by Crippen LogP contribution is -2.37. The summed E-state index contributed by atoms with van der Waals surface area (Å²) in [5.74, 6) is 0.565. The number of morpholine rings is 1. The topological polar surface area (TPSA) is 91.9 Å². The van der Waals surface area contributed by atoms with Crippen LogP contribution in [0.15, 0.2) is 30.3 Å². The smallest absolute Gasteiger partial charge is 0.274 e. The number of hydrogen-bond donors (Lipinski definition) is 2. The molecule has 27 heavy (non-hydrogen) atoms. The van der Waals surface area contributed by atoms with Gasteiger partial charge in [0.1, 0.15) is 5.69 Å². The summed E-state index contributed by atoms with van der Waals surface area (Å²) in [7, 11) is 5.38. The average Bonchev–Trinajstić information content (AvgIpc) is 2.69. The summed E-state index contributed by atoms with van der Waals surface area (Å²) >= 11 is 0. The van der Waals surface area contributed by atoms with E-state index < -0.39 is 0 Å². The molecule has 0 atom stereocenters. The molecule has 1 fully saturated rings. The minimum absolute atomic E-state index is 0.251. The van der Waals surface area contributed by atoms with Crippen LogP contribution >= 0.6 is 0 Å². The van der Waals surface area contributed by atoms with Gasteiger partial charge in [-0.25, -0.2) is 10.5 Å². The van der Waals surface area contributed by atoms with Crippen molar-refractivity contribution in [3.8, 4) is 0 Å². The predicted molar refractivity (Wildman–Crippen MR) is 104 cm³/mol. The number of hydrogen-bond acceptors (Lipinski definition) is 8. The molecule has 1 aliphatic rings. The maximum absolute atomic E-state index is 12.8. The van der Waals surface area contributed by atoms with Gasteiger partial charge in [0.15, 0.2) is 5.82 Å². The van der Waals surface area contributed by atoms with E-state index in [9.17, 15) is 4.79 Å². The number of carbonyl (C=O) groups is 1. The fraction of sp³-hybridized carbons (Fsp3) is 0.389. The molecule has 1 aromatic carbocycles. The minimum atomic E-state index is -0.318. The molecule has 9 heteroatoms. The molecule has 2 N–H and O–H groups in total. The van der Waals surface area contributed by atoms with Crippen LogP contribution in [0.25, 0.3) is 0 Å². The van der Waals surface area contributed by atoms with Crippen LogP contribution in [0.3, 0.4) is 0 Å². The first-order valence-electron chi connectivity index (χ1n) is 8.66. The Labute approximate surface area is 158 Å². The highest BCUT2D eigenvalue weighted by Gasteiger charge is 2.18. The summed E-state index contributed by atoms with van der Waals surface area (Å²) in [5.41, 5.74) is 4.61. The normalized spacial score (nSPS) is 14.0. The molecule has 0 spiro atoms. The van der Waals surface area contributed by atoms with Gasteiger partial charge in [0.2, 0.25) is 5.95 Å². The van der Waals surface area contributed by atoms with Crippen LogP contribution in [-0.4, -0.2) is 63.4 Å². The Bertz CT molecular complexity index is 792. The van der Waals surface area contributed by atoms with Gasteiger partial charge in [-0.15, -0.1) is 0 Å². The first kappa shape index (κ1) is 18.9. The van der Waals surface area contributed by atoms with Crippen molar-refractivity contribution in [1.29, 1.82) is 0 Å². The van der Waals surface area contributed by atoms with Crippen molar-refractivity contribution in [2.45, 2.75) is 0 Å². The molecule has 0 aliphatic carbocycles. The van der Waals surface area contributed by atoms with Crippen LogP contribution in [-0.2, 0) is 9.57 Å². The Kier molecular flexibility index (Phi) is 6.05. The highest BCUT2D eigenvalue weighted by Crippen LogP contribution is 2.20. The Morgan fingerprint density at radius 2 is 2.00 bits per heavy atom. The second-order valence-corrected chi connectivity index (χ2v) is 6.24. The van der Waals surface area contributed by atoms with Crippen molar-refractivity contribution >= 4 is 29.0 Å². The molecule has 144 valence electrons. The van der Waals surface area contributed by atoms with Gasteiger partial charge in [0, 0.05) is 44.6 Å². The third kappa shape index (κ3) is 4.83. The zero-order valence-electron chi connectivity index (χ0n) is 15.7. The van der Waals surface area contributed by atoms with E-state index in [1.807, 2.05) is 48.2 Å². The van der Waals surface area contributed by atoms with E-state index in [1.54, 1.807) is 6.07 Å². The highest BCUT2D eigenvalue weighted by molar-refractivity contribution is 6.03. The number of nitrogens with zero attached hydrogens (tertiary/aromatic N) is 4. The molecular formula is C18H24N6O3. The molecule has 1 aromatic heterocycles. The summed E-state index contributed by atoms with van der Waals surface area (Å²) < 4.78 is 5.37. The maximum Gasteiger partial charge on any atom is 0.274 e. The number of aromatic nitrogens is 2. The van der Waals surface area contributed by atoms with Gasteiger partial charge in [0.25, 0.3) is 5.91 Å². The Morgan fingerprint density at radius 1 is 1.22 bits per heavy atom. The molecule has 2 aromatic rings. The van der Waals surface area contributed by atoms with E-state index in [0.29, 0.717) is 43.8 Å². The number of benzene rings is 1. The number of rotatable bonds is 6. The zero-order chi connectivity index (χ0) is 19.2. The largest absolute Gasteiger partial charge is 0.378 e. The van der Waals surface area contributed by atoms with Crippen LogP contribution in [0.1, 0.15) is 10.5 Å². The van der Waals surface area contributed by atoms with Gasteiger partial charge >= 0.3 is 0 Å². The molecule has 1 aliphatic heterocycles. The average molecular weight is 372 g/mol. The minimum Gasteiger partial charge on any atom is -0.378 e. The highest BCUT2D eigenvalue weighted by atomic mass is 16.6. The lowest BCUT2D eigenvalue weighted by molar-refractivity contribution is 0.102. The second-order valence-electron chi connectivity index (χ2n) is 6.24. The van der Waals surface area contributed by atoms with E-state index in [1.165, 1.54) is 7.11 Å². The summed E-state index contributed by atoms with van der Waals surface area (Å²) in [6.45, 7) is 2.54.